The SMILES string of the molecule is CC1=C2[C@H]3O[C@@H](CN(C)C)O[C@H]3[C@]3(C)CCC4OC[C@H]4/C3=C(\OC(=O)c3ccccc3)[C@](O)(CC1)C2(C)C. The number of ether oxygens (including phenoxy) is 4. The van der Waals surface area contributed by atoms with E-state index in [1.165, 1.54) is 5.57 Å². The number of carbonyl (C=O) groups is 1. The van der Waals surface area contributed by atoms with Crippen molar-refractivity contribution in [1.29, 1.82) is 0 Å². The molecule has 2 aliphatic heterocycles. The Morgan fingerprint density at radius 2 is 1.84 bits per heavy atom. The minimum atomic E-state index is -1.38. The van der Waals surface area contributed by atoms with Crippen LogP contribution in [-0.2, 0) is 18.9 Å². The van der Waals surface area contributed by atoms with Crippen molar-refractivity contribution in [2.24, 2.45) is 16.7 Å². The maximum Gasteiger partial charge on any atom is 0.343 e. The molecule has 1 saturated carbocycles. The van der Waals surface area contributed by atoms with Crippen LogP contribution in [0.25, 0.3) is 0 Å². The van der Waals surface area contributed by atoms with Gasteiger partial charge in [-0.3, -0.25) is 0 Å². The van der Waals surface area contributed by atoms with Gasteiger partial charge in [0.05, 0.1) is 18.3 Å². The molecule has 7 nitrogen and oxygen atoms in total. The molecule has 7 atom stereocenters. The zero-order chi connectivity index (χ0) is 27.0. The topological polar surface area (TPSA) is 77.5 Å². The van der Waals surface area contributed by atoms with Crippen LogP contribution in [0.3, 0.4) is 0 Å². The van der Waals surface area contributed by atoms with Crippen molar-refractivity contribution in [3.8, 4) is 0 Å². The Kier molecular flexibility index (Phi) is 6.21. The van der Waals surface area contributed by atoms with Gasteiger partial charge in [0.25, 0.3) is 0 Å². The Morgan fingerprint density at radius 3 is 2.50 bits per heavy atom. The molecular weight excluding hydrogens is 482 g/mol. The number of hydrogen-bond donors (Lipinski definition) is 1. The molecule has 2 bridgehead atoms. The lowest BCUT2D eigenvalue weighted by molar-refractivity contribution is -0.155. The van der Waals surface area contributed by atoms with Crippen molar-refractivity contribution >= 4 is 5.97 Å². The van der Waals surface area contributed by atoms with Gasteiger partial charge in [0.2, 0.25) is 0 Å². The molecular formula is C31H41NO6. The summed E-state index contributed by atoms with van der Waals surface area (Å²) in [6, 6.07) is 9.05. The number of likely N-dealkylation sites (N-methyl/N-ethyl adjacent to an activating group) is 1. The minimum absolute atomic E-state index is 0.0633. The van der Waals surface area contributed by atoms with Gasteiger partial charge in [-0.25, -0.2) is 4.79 Å². The van der Waals surface area contributed by atoms with Gasteiger partial charge in [-0.2, -0.15) is 0 Å². The average Bonchev–Trinajstić information content (AvgIpc) is 3.25. The fraction of sp³-hybridized carbons (Fsp3) is 0.645. The summed E-state index contributed by atoms with van der Waals surface area (Å²) in [6.45, 7) is 9.71. The fourth-order valence-electron chi connectivity index (χ4n) is 7.85. The van der Waals surface area contributed by atoms with Crippen LogP contribution in [-0.4, -0.2) is 73.4 Å². The molecule has 3 fully saturated rings. The highest BCUT2D eigenvalue weighted by Gasteiger charge is 2.66. The highest BCUT2D eigenvalue weighted by Crippen LogP contribution is 2.64. The van der Waals surface area contributed by atoms with Crippen molar-refractivity contribution in [3.63, 3.8) is 0 Å². The summed E-state index contributed by atoms with van der Waals surface area (Å²) in [5.74, 6) is 0.0406. The maximum absolute atomic E-state index is 13.6. The quantitative estimate of drug-likeness (QED) is 0.461. The number of hydrogen-bond acceptors (Lipinski definition) is 7. The number of carbonyl (C=O) groups excluding carboxylic acids is 1. The molecule has 2 heterocycles. The minimum Gasteiger partial charge on any atom is -0.424 e. The second-order valence-electron chi connectivity index (χ2n) is 12.9. The molecule has 3 aliphatic carbocycles. The zero-order valence-electron chi connectivity index (χ0n) is 23.5. The lowest BCUT2D eigenvalue weighted by Gasteiger charge is -2.59. The van der Waals surface area contributed by atoms with Gasteiger partial charge >= 0.3 is 5.97 Å². The number of allylic oxidation sites excluding steroid dienone is 1. The van der Waals surface area contributed by atoms with Crippen molar-refractivity contribution in [2.45, 2.75) is 83.6 Å². The molecule has 0 spiro atoms. The summed E-state index contributed by atoms with van der Waals surface area (Å²) in [5, 5.41) is 12.8. The molecule has 0 aromatic heterocycles. The van der Waals surface area contributed by atoms with E-state index < -0.39 is 22.4 Å². The monoisotopic (exact) mass is 523 g/mol. The van der Waals surface area contributed by atoms with E-state index in [1.54, 1.807) is 12.1 Å². The molecule has 6 rings (SSSR count). The first-order valence-corrected chi connectivity index (χ1v) is 14.0. The van der Waals surface area contributed by atoms with E-state index in [2.05, 4.69) is 32.6 Å². The highest BCUT2D eigenvalue weighted by atomic mass is 16.7. The van der Waals surface area contributed by atoms with E-state index >= 15 is 0 Å². The fourth-order valence-corrected chi connectivity index (χ4v) is 7.85. The Bertz CT molecular complexity index is 1190. The molecule has 1 aromatic carbocycles. The number of esters is 1. The molecule has 206 valence electrons. The highest BCUT2D eigenvalue weighted by molar-refractivity contribution is 5.90. The van der Waals surface area contributed by atoms with Crippen LogP contribution >= 0.6 is 0 Å². The molecule has 1 unspecified atom stereocenters. The third-order valence-corrected chi connectivity index (χ3v) is 10.0. The average molecular weight is 524 g/mol. The summed E-state index contributed by atoms with van der Waals surface area (Å²) < 4.78 is 25.9. The first-order valence-electron chi connectivity index (χ1n) is 14.0. The smallest absolute Gasteiger partial charge is 0.343 e. The van der Waals surface area contributed by atoms with Crippen LogP contribution in [0.1, 0.15) is 63.7 Å². The molecule has 5 aliphatic rings. The Balaban J connectivity index is 1.58. The second kappa shape index (κ2) is 9.00. The van der Waals surface area contributed by atoms with Crippen LogP contribution in [0.15, 0.2) is 52.8 Å². The van der Waals surface area contributed by atoms with Gasteiger partial charge in [0.15, 0.2) is 6.29 Å². The van der Waals surface area contributed by atoms with Gasteiger partial charge in [0.1, 0.15) is 23.6 Å². The van der Waals surface area contributed by atoms with E-state index in [-0.39, 0.29) is 30.5 Å². The lowest BCUT2D eigenvalue weighted by atomic mass is 9.51. The van der Waals surface area contributed by atoms with E-state index in [1.807, 2.05) is 32.3 Å². The first-order chi connectivity index (χ1) is 18.0. The molecule has 38 heavy (non-hydrogen) atoms. The summed E-state index contributed by atoms with van der Waals surface area (Å²) in [7, 11) is 4.04. The van der Waals surface area contributed by atoms with Crippen molar-refractivity contribution < 1.29 is 28.8 Å². The Morgan fingerprint density at radius 1 is 1.11 bits per heavy atom. The van der Waals surface area contributed by atoms with Gasteiger partial charge in [-0.05, 0) is 70.0 Å². The number of aliphatic hydroxyl groups is 1. The van der Waals surface area contributed by atoms with Crippen LogP contribution in [0.5, 0.6) is 0 Å². The van der Waals surface area contributed by atoms with E-state index in [4.69, 9.17) is 18.9 Å². The number of rotatable bonds is 4. The summed E-state index contributed by atoms with van der Waals surface area (Å²) in [6.07, 6.45) is 2.01. The van der Waals surface area contributed by atoms with Crippen molar-refractivity contribution in [2.75, 3.05) is 27.2 Å². The largest absolute Gasteiger partial charge is 0.424 e. The van der Waals surface area contributed by atoms with Gasteiger partial charge in [-0.1, -0.05) is 44.5 Å². The molecule has 1 N–H and O–H groups in total. The standard InChI is InChI=1S/C31H41NO6/c1-18-12-15-31(34)26(38-28(33)19-10-8-7-9-11-19)24-20-17-35-21(20)13-14-30(24,4)27-25(23(18)29(31,2)3)36-22(37-27)16-32(5)6/h7-11,20-22,25,27,34H,12-17H2,1-6H3/b26-24+/t20-,21?,22-,25-,27-,30-,31-/m1/s1. The number of fused-ring (bicyclic) bond motifs is 8. The summed E-state index contributed by atoms with van der Waals surface area (Å²) in [5.41, 5.74) is 1.15. The van der Waals surface area contributed by atoms with Crippen LogP contribution in [0.4, 0.5) is 0 Å². The predicted molar refractivity (Wildman–Crippen MR) is 142 cm³/mol. The Labute approximate surface area is 225 Å². The van der Waals surface area contributed by atoms with Crippen molar-refractivity contribution in [1.82, 2.24) is 4.90 Å². The molecule has 7 heteroatoms. The van der Waals surface area contributed by atoms with E-state index in [0.29, 0.717) is 37.3 Å². The van der Waals surface area contributed by atoms with Crippen molar-refractivity contribution in [3.05, 3.63) is 58.4 Å². The summed E-state index contributed by atoms with van der Waals surface area (Å²) in [4.78, 5) is 15.7. The number of benzene rings is 1. The predicted octanol–water partition coefficient (Wildman–Crippen LogP) is 4.47. The van der Waals surface area contributed by atoms with E-state index in [9.17, 15) is 9.90 Å². The molecule has 0 radical (unpaired) electrons. The van der Waals surface area contributed by atoms with Crippen LogP contribution in [0, 0.1) is 16.7 Å². The van der Waals surface area contributed by atoms with E-state index in [0.717, 1.165) is 24.0 Å². The molecule has 1 aromatic rings. The normalized spacial score (nSPS) is 41.4. The lowest BCUT2D eigenvalue weighted by Crippen LogP contribution is -2.62. The van der Waals surface area contributed by atoms with Gasteiger partial charge in [-0.15, -0.1) is 0 Å². The third kappa shape index (κ3) is 3.69. The zero-order valence-corrected chi connectivity index (χ0v) is 23.5. The maximum atomic E-state index is 13.6. The third-order valence-electron chi connectivity index (χ3n) is 10.0. The second-order valence-corrected chi connectivity index (χ2v) is 12.9. The van der Waals surface area contributed by atoms with Gasteiger partial charge < -0.3 is 29.0 Å². The first kappa shape index (κ1) is 26.2. The van der Waals surface area contributed by atoms with Crippen LogP contribution in [0.2, 0.25) is 0 Å². The van der Waals surface area contributed by atoms with Crippen LogP contribution < -0.4 is 0 Å². The molecule has 0 amide bonds. The Hall–Kier alpha value is -2.03. The summed E-state index contributed by atoms with van der Waals surface area (Å²) >= 11 is 0. The number of nitrogens with zero attached hydrogens (tertiary/aromatic N) is 1. The van der Waals surface area contributed by atoms with Gasteiger partial charge in [0, 0.05) is 23.3 Å². The molecule has 2 saturated heterocycles.